The number of nitrogens with zero attached hydrogens (tertiary/aromatic N) is 3. The van der Waals surface area contributed by atoms with Gasteiger partial charge in [-0.2, -0.15) is 5.10 Å². The number of aryl methyl sites for hydroxylation is 1. The van der Waals surface area contributed by atoms with Gasteiger partial charge in [0, 0.05) is 17.5 Å². The van der Waals surface area contributed by atoms with Gasteiger partial charge in [-0.25, -0.2) is 0 Å². The zero-order valence-electron chi connectivity index (χ0n) is 10.6. The first-order valence-corrected chi connectivity index (χ1v) is 6.61. The lowest BCUT2D eigenvalue weighted by atomic mass is 9.96. The fourth-order valence-electron chi connectivity index (χ4n) is 3.07. The zero-order chi connectivity index (χ0) is 13.0. The second-order valence-electron chi connectivity index (χ2n) is 5.54. The standard InChI is InChI=1S/C14H14N4O/c1-7-2-3-9(6-15-7)16-14(19)13-11-5-8-4-10(8)12(11)17-18-13/h2-3,6,8,10-11H,4-5H2,1H3,(H,16,19). The molecule has 0 radical (unpaired) electrons. The molecule has 3 atom stereocenters. The molecule has 1 aromatic rings. The van der Waals surface area contributed by atoms with Crippen molar-refractivity contribution in [2.75, 3.05) is 5.32 Å². The minimum absolute atomic E-state index is 0.143. The maximum atomic E-state index is 12.2. The van der Waals surface area contributed by atoms with Crippen LogP contribution in [0, 0.1) is 24.7 Å². The minimum atomic E-state index is -0.143. The Labute approximate surface area is 110 Å². The Morgan fingerprint density at radius 3 is 3.00 bits per heavy atom. The highest BCUT2D eigenvalue weighted by Crippen LogP contribution is 2.54. The number of nitrogens with one attached hydrogen (secondary N) is 1. The van der Waals surface area contributed by atoms with Crippen LogP contribution in [0.3, 0.4) is 0 Å². The summed E-state index contributed by atoms with van der Waals surface area (Å²) in [6, 6.07) is 3.72. The fourth-order valence-corrected chi connectivity index (χ4v) is 3.07. The summed E-state index contributed by atoms with van der Waals surface area (Å²) in [5, 5.41) is 11.1. The van der Waals surface area contributed by atoms with Crippen LogP contribution in [-0.4, -0.2) is 22.3 Å². The number of rotatable bonds is 2. The Morgan fingerprint density at radius 1 is 1.32 bits per heavy atom. The number of fused-ring (bicyclic) bond motifs is 3. The molecule has 3 unspecified atom stereocenters. The number of pyridine rings is 1. The van der Waals surface area contributed by atoms with Crippen LogP contribution in [0.1, 0.15) is 18.5 Å². The number of aromatic nitrogens is 1. The monoisotopic (exact) mass is 254 g/mol. The van der Waals surface area contributed by atoms with E-state index in [1.807, 2.05) is 19.1 Å². The SMILES string of the molecule is Cc1ccc(NC(=O)C2=NN=C3C2CC2CC32)cn1. The van der Waals surface area contributed by atoms with Gasteiger partial charge in [0.25, 0.3) is 5.91 Å². The van der Waals surface area contributed by atoms with Gasteiger partial charge in [-0.15, -0.1) is 5.10 Å². The number of anilines is 1. The van der Waals surface area contributed by atoms with Gasteiger partial charge < -0.3 is 5.32 Å². The molecule has 0 aromatic carbocycles. The first-order chi connectivity index (χ1) is 9.22. The minimum Gasteiger partial charge on any atom is -0.319 e. The van der Waals surface area contributed by atoms with Crippen molar-refractivity contribution in [1.82, 2.24) is 4.98 Å². The van der Waals surface area contributed by atoms with E-state index in [1.54, 1.807) is 6.20 Å². The number of carbonyl (C=O) groups is 1. The van der Waals surface area contributed by atoms with Gasteiger partial charge in [0.2, 0.25) is 0 Å². The molecule has 1 N–H and O–H groups in total. The molecule has 5 heteroatoms. The molecule has 19 heavy (non-hydrogen) atoms. The third-order valence-electron chi connectivity index (χ3n) is 4.20. The lowest BCUT2D eigenvalue weighted by molar-refractivity contribution is -0.110. The summed E-state index contributed by atoms with van der Waals surface area (Å²) in [5.41, 5.74) is 3.34. The molecule has 2 aliphatic carbocycles. The molecule has 2 heterocycles. The molecule has 1 aliphatic heterocycles. The zero-order valence-corrected chi connectivity index (χ0v) is 10.6. The highest BCUT2D eigenvalue weighted by atomic mass is 16.2. The highest BCUT2D eigenvalue weighted by molar-refractivity contribution is 6.48. The predicted octanol–water partition coefficient (Wildman–Crippen LogP) is 1.80. The number of amides is 1. The molecule has 0 spiro atoms. The van der Waals surface area contributed by atoms with E-state index in [-0.39, 0.29) is 11.8 Å². The summed E-state index contributed by atoms with van der Waals surface area (Å²) in [5.74, 6) is 1.39. The van der Waals surface area contributed by atoms with Gasteiger partial charge >= 0.3 is 0 Å². The van der Waals surface area contributed by atoms with Crippen LogP contribution in [0.4, 0.5) is 5.69 Å². The summed E-state index contributed by atoms with van der Waals surface area (Å²) in [4.78, 5) is 16.4. The lowest BCUT2D eigenvalue weighted by Gasteiger charge is -2.10. The van der Waals surface area contributed by atoms with Crippen LogP contribution in [0.15, 0.2) is 28.5 Å². The first kappa shape index (κ1) is 10.8. The Hall–Kier alpha value is -2.04. The van der Waals surface area contributed by atoms with Crippen molar-refractivity contribution in [3.8, 4) is 0 Å². The van der Waals surface area contributed by atoms with E-state index in [4.69, 9.17) is 0 Å². The van der Waals surface area contributed by atoms with Crippen molar-refractivity contribution in [2.45, 2.75) is 19.8 Å². The van der Waals surface area contributed by atoms with Gasteiger partial charge in [0.05, 0.1) is 17.6 Å². The molecule has 2 saturated carbocycles. The van der Waals surface area contributed by atoms with Gasteiger partial charge in [0.1, 0.15) is 5.71 Å². The molecule has 96 valence electrons. The van der Waals surface area contributed by atoms with Crippen molar-refractivity contribution < 1.29 is 4.79 Å². The molecule has 3 aliphatic rings. The molecule has 5 nitrogen and oxygen atoms in total. The fraction of sp³-hybridized carbons (Fsp3) is 0.429. The first-order valence-electron chi connectivity index (χ1n) is 6.61. The largest absolute Gasteiger partial charge is 0.319 e. The van der Waals surface area contributed by atoms with E-state index in [0.29, 0.717) is 17.3 Å². The summed E-state index contributed by atoms with van der Waals surface area (Å²) in [7, 11) is 0. The van der Waals surface area contributed by atoms with Crippen molar-refractivity contribution in [3.05, 3.63) is 24.0 Å². The highest BCUT2D eigenvalue weighted by Gasteiger charge is 2.55. The summed E-state index contributed by atoms with van der Waals surface area (Å²) in [6.07, 6.45) is 3.94. The van der Waals surface area contributed by atoms with Crippen molar-refractivity contribution in [3.63, 3.8) is 0 Å². The second kappa shape index (κ2) is 3.73. The van der Waals surface area contributed by atoms with Crippen LogP contribution >= 0.6 is 0 Å². The molecular weight excluding hydrogens is 240 g/mol. The Kier molecular flexibility index (Phi) is 2.13. The molecule has 0 saturated heterocycles. The average Bonchev–Trinajstić information content (AvgIpc) is 2.89. The van der Waals surface area contributed by atoms with E-state index in [0.717, 1.165) is 23.7 Å². The van der Waals surface area contributed by atoms with Gasteiger partial charge in [-0.3, -0.25) is 9.78 Å². The van der Waals surface area contributed by atoms with Crippen LogP contribution in [0.25, 0.3) is 0 Å². The van der Waals surface area contributed by atoms with E-state index < -0.39 is 0 Å². The molecule has 4 rings (SSSR count). The third kappa shape index (κ3) is 1.69. The van der Waals surface area contributed by atoms with E-state index in [2.05, 4.69) is 20.5 Å². The van der Waals surface area contributed by atoms with Gasteiger partial charge in [0.15, 0.2) is 0 Å². The van der Waals surface area contributed by atoms with Crippen molar-refractivity contribution >= 4 is 23.0 Å². The Bertz CT molecular complexity index is 617. The van der Waals surface area contributed by atoms with Crippen LogP contribution < -0.4 is 5.32 Å². The smallest absolute Gasteiger partial charge is 0.272 e. The molecular formula is C14H14N4O. The van der Waals surface area contributed by atoms with Gasteiger partial charge in [-0.05, 0) is 37.8 Å². The van der Waals surface area contributed by atoms with Crippen molar-refractivity contribution in [2.24, 2.45) is 28.0 Å². The normalized spacial score (nSPS) is 30.3. The lowest BCUT2D eigenvalue weighted by Crippen LogP contribution is -2.30. The Morgan fingerprint density at radius 2 is 2.21 bits per heavy atom. The topological polar surface area (TPSA) is 66.7 Å². The van der Waals surface area contributed by atoms with Crippen molar-refractivity contribution in [1.29, 1.82) is 0 Å². The maximum absolute atomic E-state index is 12.2. The van der Waals surface area contributed by atoms with Crippen LogP contribution in [-0.2, 0) is 4.79 Å². The summed E-state index contributed by atoms with van der Waals surface area (Å²) >= 11 is 0. The molecule has 1 amide bonds. The Balaban J connectivity index is 1.49. The van der Waals surface area contributed by atoms with E-state index in [1.165, 1.54) is 6.42 Å². The molecule has 1 aromatic heterocycles. The van der Waals surface area contributed by atoms with E-state index in [9.17, 15) is 4.79 Å². The summed E-state index contributed by atoms with van der Waals surface area (Å²) < 4.78 is 0. The average molecular weight is 254 g/mol. The predicted molar refractivity (Wildman–Crippen MR) is 72.2 cm³/mol. The quantitative estimate of drug-likeness (QED) is 0.874. The third-order valence-corrected chi connectivity index (χ3v) is 4.20. The van der Waals surface area contributed by atoms with E-state index >= 15 is 0 Å². The van der Waals surface area contributed by atoms with Crippen LogP contribution in [0.5, 0.6) is 0 Å². The number of hydrogen-bond acceptors (Lipinski definition) is 4. The summed E-state index contributed by atoms with van der Waals surface area (Å²) in [6.45, 7) is 1.91. The number of carbonyl (C=O) groups excluding carboxylic acids is 1. The maximum Gasteiger partial charge on any atom is 0.272 e. The van der Waals surface area contributed by atoms with Gasteiger partial charge in [-0.1, -0.05) is 0 Å². The van der Waals surface area contributed by atoms with Crippen LogP contribution in [0.2, 0.25) is 0 Å². The molecule has 0 bridgehead atoms. The molecule has 2 fully saturated rings. The number of hydrogen-bond donors (Lipinski definition) is 1. The second-order valence-corrected chi connectivity index (χ2v) is 5.54.